The van der Waals surface area contributed by atoms with Crippen molar-refractivity contribution in [1.82, 2.24) is 15.5 Å². The average Bonchev–Trinajstić information content (AvgIpc) is 3.34. The van der Waals surface area contributed by atoms with Gasteiger partial charge in [-0.15, -0.1) is 0 Å². The van der Waals surface area contributed by atoms with Crippen molar-refractivity contribution in [2.75, 3.05) is 18.4 Å². The second kappa shape index (κ2) is 20.9. The lowest BCUT2D eigenvalue weighted by atomic mass is 9.88. The van der Waals surface area contributed by atoms with E-state index in [0.29, 0.717) is 24.1 Å². The number of nitrogens with zero attached hydrogens (tertiary/aromatic N) is 1. The number of unbranched alkanes of at least 4 members (excludes halogenated alkanes) is 2. The zero-order valence-corrected chi connectivity index (χ0v) is 31.1. The summed E-state index contributed by atoms with van der Waals surface area (Å²) in [4.78, 5) is 76.0. The lowest BCUT2D eigenvalue weighted by Crippen LogP contribution is -2.52. The first kappa shape index (κ1) is 44.2. The molecule has 0 radical (unpaired) electrons. The molecular weight excluding hydrogens is 683 g/mol. The van der Waals surface area contributed by atoms with E-state index in [2.05, 4.69) is 16.0 Å². The zero-order valence-electron chi connectivity index (χ0n) is 31.1. The molecule has 1 fully saturated rings. The third-order valence-corrected chi connectivity index (χ3v) is 9.17. The van der Waals surface area contributed by atoms with E-state index in [4.69, 9.17) is 10.5 Å². The number of alkyl halides is 3. The quantitative estimate of drug-likeness (QED) is 0.0686. The number of nitrogens with one attached hydrogen (secondary N) is 3. The fraction of sp³-hybridized carbons (Fsp3) is 0.676. The number of nitrogens with two attached hydrogens (primary N) is 1. The van der Waals surface area contributed by atoms with Crippen LogP contribution in [0.4, 0.5) is 23.7 Å². The minimum absolute atomic E-state index is 0.0209. The second-order valence-corrected chi connectivity index (χ2v) is 14.5. The van der Waals surface area contributed by atoms with Crippen LogP contribution in [0.2, 0.25) is 0 Å². The number of esters is 1. The lowest BCUT2D eigenvalue weighted by Gasteiger charge is -2.30. The highest BCUT2D eigenvalue weighted by molar-refractivity contribution is 6.03. The maximum atomic E-state index is 14.2. The van der Waals surface area contributed by atoms with Gasteiger partial charge in [0.1, 0.15) is 12.6 Å². The van der Waals surface area contributed by atoms with Crippen LogP contribution in [0.1, 0.15) is 98.5 Å². The van der Waals surface area contributed by atoms with Crippen LogP contribution in [0, 0.1) is 29.6 Å². The van der Waals surface area contributed by atoms with Crippen LogP contribution in [-0.4, -0.2) is 71.8 Å². The number of imide groups is 1. The van der Waals surface area contributed by atoms with Crippen molar-refractivity contribution in [3.05, 3.63) is 29.8 Å². The number of halogens is 3. The molecule has 15 heteroatoms. The van der Waals surface area contributed by atoms with E-state index in [1.165, 1.54) is 4.90 Å². The summed E-state index contributed by atoms with van der Waals surface area (Å²) in [5, 5.41) is 7.72. The molecule has 0 saturated carbocycles. The summed E-state index contributed by atoms with van der Waals surface area (Å²) in [6.45, 7) is 10.8. The summed E-state index contributed by atoms with van der Waals surface area (Å²) in [5.41, 5.74) is 6.24. The Morgan fingerprint density at radius 3 is 2.13 bits per heavy atom. The third-order valence-electron chi connectivity index (χ3n) is 9.17. The number of carbonyl (C=O) groups is 6. The van der Waals surface area contributed by atoms with Crippen LogP contribution in [0.3, 0.4) is 0 Å². The molecule has 52 heavy (non-hydrogen) atoms. The number of primary amides is 1. The highest BCUT2D eigenvalue weighted by Crippen LogP contribution is 2.29. The van der Waals surface area contributed by atoms with E-state index in [-0.39, 0.29) is 93.8 Å². The van der Waals surface area contributed by atoms with Crippen molar-refractivity contribution in [2.45, 2.75) is 118 Å². The smallest absolute Gasteiger partial charge is 0.403 e. The molecular formula is C37H56F3N5O7. The summed E-state index contributed by atoms with van der Waals surface area (Å²) in [6, 6.07) is 2.62. The Labute approximate surface area is 304 Å². The number of Topliss-reactive ketones (excluding diaryl/α,β-unsaturated/α-hetero) is 1. The summed E-state index contributed by atoms with van der Waals surface area (Å²) < 4.78 is 47.9. The molecule has 5 N–H and O–H groups in total. The van der Waals surface area contributed by atoms with E-state index in [1.54, 1.807) is 52.0 Å². The molecule has 0 bridgehead atoms. The number of hydrogen-bond donors (Lipinski definition) is 4. The van der Waals surface area contributed by atoms with E-state index < -0.39 is 47.8 Å². The number of urea groups is 1. The molecule has 1 aromatic rings. The number of likely N-dealkylation sites (tertiary alicyclic amines) is 1. The van der Waals surface area contributed by atoms with Gasteiger partial charge in [0, 0.05) is 43.5 Å². The Bertz CT molecular complexity index is 1370. The van der Waals surface area contributed by atoms with Gasteiger partial charge >= 0.3 is 18.2 Å². The predicted octanol–water partition coefficient (Wildman–Crippen LogP) is 5.48. The molecule has 1 aromatic carbocycles. The van der Waals surface area contributed by atoms with Crippen LogP contribution >= 0.6 is 0 Å². The molecule has 1 aliphatic heterocycles. The Balaban J connectivity index is 2.06. The van der Waals surface area contributed by atoms with Crippen LogP contribution < -0.4 is 21.7 Å². The molecule has 0 aromatic heterocycles. The SMILES string of the molecule is CC(C)C(=O)OCc1ccc(NC(=O)[C@H](CCCNC(N)=O)CC(=O)[C@@H](N[C@H](CCCCCN2C(=O)CC(C(C)C)C2=O)C(F)(F)F)C(C)C)cc1. The molecule has 1 unspecified atom stereocenters. The van der Waals surface area contributed by atoms with E-state index in [9.17, 15) is 41.9 Å². The Kier molecular flexibility index (Phi) is 17.7. The fourth-order valence-electron chi connectivity index (χ4n) is 5.98. The number of rotatable bonds is 22. The third kappa shape index (κ3) is 14.5. The largest absolute Gasteiger partial charge is 0.461 e. The molecule has 292 valence electrons. The predicted molar refractivity (Wildman–Crippen MR) is 189 cm³/mol. The summed E-state index contributed by atoms with van der Waals surface area (Å²) in [7, 11) is 0. The number of benzene rings is 1. The van der Waals surface area contributed by atoms with Gasteiger partial charge < -0.3 is 21.1 Å². The highest BCUT2D eigenvalue weighted by Gasteiger charge is 2.42. The summed E-state index contributed by atoms with van der Waals surface area (Å²) in [6.07, 6.45) is -3.86. The molecule has 1 heterocycles. The normalized spacial score (nSPS) is 16.7. The summed E-state index contributed by atoms with van der Waals surface area (Å²) in [5.74, 6) is -3.99. The molecule has 12 nitrogen and oxygen atoms in total. The monoisotopic (exact) mass is 739 g/mol. The number of carbonyl (C=O) groups excluding carboxylic acids is 6. The van der Waals surface area contributed by atoms with Crippen molar-refractivity contribution in [3.63, 3.8) is 0 Å². The van der Waals surface area contributed by atoms with E-state index in [0.717, 1.165) is 0 Å². The topological polar surface area (TPSA) is 177 Å². The lowest BCUT2D eigenvalue weighted by molar-refractivity contribution is -0.161. The molecule has 0 spiro atoms. The Morgan fingerprint density at radius 2 is 1.60 bits per heavy atom. The van der Waals surface area contributed by atoms with Gasteiger partial charge in [-0.05, 0) is 55.2 Å². The van der Waals surface area contributed by atoms with Gasteiger partial charge in [-0.2, -0.15) is 13.2 Å². The van der Waals surface area contributed by atoms with Gasteiger partial charge in [-0.1, -0.05) is 66.5 Å². The van der Waals surface area contributed by atoms with Gasteiger partial charge in [0.2, 0.25) is 17.7 Å². The van der Waals surface area contributed by atoms with Crippen molar-refractivity contribution in [2.24, 2.45) is 35.3 Å². The minimum Gasteiger partial charge on any atom is -0.461 e. The Morgan fingerprint density at radius 1 is 0.942 bits per heavy atom. The number of ketones is 1. The molecule has 5 amide bonds. The van der Waals surface area contributed by atoms with Crippen molar-refractivity contribution in [1.29, 1.82) is 0 Å². The molecule has 4 atom stereocenters. The first-order valence-electron chi connectivity index (χ1n) is 18.1. The van der Waals surface area contributed by atoms with Gasteiger partial charge in [0.05, 0.1) is 12.0 Å². The first-order valence-corrected chi connectivity index (χ1v) is 18.1. The Hall–Kier alpha value is -4.01. The molecule has 0 aliphatic carbocycles. The number of anilines is 1. The summed E-state index contributed by atoms with van der Waals surface area (Å²) >= 11 is 0. The maximum absolute atomic E-state index is 14.2. The maximum Gasteiger partial charge on any atom is 0.403 e. The van der Waals surface area contributed by atoms with Crippen LogP contribution in [0.25, 0.3) is 0 Å². The molecule has 1 aliphatic rings. The molecule has 1 saturated heterocycles. The van der Waals surface area contributed by atoms with E-state index >= 15 is 0 Å². The number of ether oxygens (including phenoxy) is 1. The first-order chi connectivity index (χ1) is 24.3. The van der Waals surface area contributed by atoms with Crippen molar-refractivity contribution >= 4 is 41.2 Å². The van der Waals surface area contributed by atoms with Crippen LogP contribution in [0.5, 0.6) is 0 Å². The standard InChI is InChI=1S/C37H56F3N5O7/c1-22(2)28-20-31(47)45(34(28)49)18-9-7-8-12-30(37(38,39)40)44-32(23(3)4)29(46)19-26(11-10-17-42-36(41)51)33(48)43-27-15-13-25(14-16-27)21-52-35(50)24(5)6/h13-16,22-24,26,28,30,32,44H,7-12,17-21H2,1-6H3,(H,43,48)(H3,41,42,51)/t26-,28?,30-,32+/m1/s1. The van der Waals surface area contributed by atoms with Gasteiger partial charge in [0.15, 0.2) is 5.78 Å². The molecule has 2 rings (SSSR count). The van der Waals surface area contributed by atoms with Crippen LogP contribution in [-0.2, 0) is 35.3 Å². The second-order valence-electron chi connectivity index (χ2n) is 14.5. The highest BCUT2D eigenvalue weighted by atomic mass is 19.4. The van der Waals surface area contributed by atoms with Crippen molar-refractivity contribution in [3.8, 4) is 0 Å². The van der Waals surface area contributed by atoms with Gasteiger partial charge in [-0.3, -0.25) is 34.2 Å². The van der Waals surface area contributed by atoms with Gasteiger partial charge in [-0.25, -0.2) is 4.79 Å². The average molecular weight is 740 g/mol. The number of amides is 5. The van der Waals surface area contributed by atoms with E-state index in [1.807, 2.05) is 13.8 Å². The van der Waals surface area contributed by atoms with Crippen LogP contribution in [0.15, 0.2) is 24.3 Å². The van der Waals surface area contributed by atoms with Crippen molar-refractivity contribution < 1.29 is 46.7 Å². The fourth-order valence-corrected chi connectivity index (χ4v) is 5.98. The zero-order chi connectivity index (χ0) is 39.2. The number of hydrogen-bond acceptors (Lipinski definition) is 8. The minimum atomic E-state index is -4.66. The van der Waals surface area contributed by atoms with Gasteiger partial charge in [0.25, 0.3) is 0 Å².